The number of benzene rings is 4. The van der Waals surface area contributed by atoms with Gasteiger partial charge in [0.05, 0.1) is 17.3 Å². The highest BCUT2D eigenvalue weighted by atomic mass is 14.8. The molecule has 5 rings (SSSR count). The van der Waals surface area contributed by atoms with Crippen LogP contribution in [0.5, 0.6) is 0 Å². The van der Waals surface area contributed by atoms with Gasteiger partial charge in [0.25, 0.3) is 0 Å². The fourth-order valence-electron chi connectivity index (χ4n) is 5.20. The van der Waals surface area contributed by atoms with Crippen LogP contribution in [0.15, 0.2) is 96.0 Å². The van der Waals surface area contributed by atoms with Crippen LogP contribution in [-0.4, -0.2) is 5.71 Å². The second-order valence-electron chi connectivity index (χ2n) is 9.77. The third-order valence-electron chi connectivity index (χ3n) is 6.87. The molecule has 1 heteroatoms. The molecule has 34 heavy (non-hydrogen) atoms. The third-order valence-corrected chi connectivity index (χ3v) is 6.87. The van der Waals surface area contributed by atoms with Crippen LogP contribution < -0.4 is 0 Å². The van der Waals surface area contributed by atoms with E-state index in [4.69, 9.17) is 9.10 Å². The molecule has 4 aromatic rings. The van der Waals surface area contributed by atoms with Crippen molar-refractivity contribution >= 4 is 11.4 Å². The molecule has 0 fully saturated rings. The first-order valence-electron chi connectivity index (χ1n) is 13.7. The summed E-state index contributed by atoms with van der Waals surface area (Å²) in [4.78, 5) is 5.18. The van der Waals surface area contributed by atoms with E-state index in [9.17, 15) is 0 Å². The molecule has 0 aromatic heterocycles. The Morgan fingerprint density at radius 2 is 1.38 bits per heavy atom. The van der Waals surface area contributed by atoms with E-state index in [0.717, 1.165) is 28.1 Å². The van der Waals surface area contributed by atoms with Crippen LogP contribution in [0.2, 0.25) is 0 Å². The first kappa shape index (κ1) is 18.9. The van der Waals surface area contributed by atoms with Crippen LogP contribution in [0.25, 0.3) is 11.1 Å². The van der Waals surface area contributed by atoms with Crippen LogP contribution in [0.4, 0.5) is 5.69 Å². The van der Waals surface area contributed by atoms with Crippen LogP contribution >= 0.6 is 0 Å². The zero-order valence-electron chi connectivity index (χ0n) is 23.3. The first-order valence-corrected chi connectivity index (χ1v) is 12.2. The molecule has 4 aromatic carbocycles. The summed E-state index contributed by atoms with van der Waals surface area (Å²) in [6.45, 7) is 6.79. The second kappa shape index (κ2) is 9.06. The Bertz CT molecular complexity index is 1440. The molecule has 0 aliphatic carbocycles. The fraction of sp³-hybridized carbons (Fsp3) is 0.242. The van der Waals surface area contributed by atoms with Crippen molar-refractivity contribution in [3.05, 3.63) is 124 Å². The van der Waals surface area contributed by atoms with Gasteiger partial charge < -0.3 is 0 Å². The Kier molecular flexibility index (Phi) is 5.04. The number of rotatable bonds is 5. The fourth-order valence-corrected chi connectivity index (χ4v) is 5.20. The van der Waals surface area contributed by atoms with E-state index in [2.05, 4.69) is 64.1 Å². The lowest BCUT2D eigenvalue weighted by atomic mass is 9.76. The average molecular weight is 447 g/mol. The van der Waals surface area contributed by atoms with Gasteiger partial charge in [0.1, 0.15) is 0 Å². The third kappa shape index (κ3) is 3.90. The maximum Gasteiger partial charge on any atom is 0.0675 e. The van der Waals surface area contributed by atoms with Crippen molar-refractivity contribution in [1.82, 2.24) is 0 Å². The summed E-state index contributed by atoms with van der Waals surface area (Å²) in [6, 6.07) is 30.6. The van der Waals surface area contributed by atoms with Gasteiger partial charge >= 0.3 is 0 Å². The molecule has 0 saturated heterocycles. The molecule has 1 nitrogen and oxygen atoms in total. The number of hydrogen-bond acceptors (Lipinski definition) is 1. The maximum atomic E-state index is 8.18. The summed E-state index contributed by atoms with van der Waals surface area (Å²) in [5, 5.41) is 0. The average Bonchev–Trinajstić information content (AvgIpc) is 3.27. The number of aliphatic imine (C=N–C) groups is 1. The number of hydrogen-bond donors (Lipinski definition) is 0. The highest BCUT2D eigenvalue weighted by Gasteiger charge is 2.33. The molecule has 1 atom stereocenters. The van der Waals surface area contributed by atoms with Gasteiger partial charge in [-0.05, 0) is 75.3 Å². The molecule has 0 radical (unpaired) electrons. The Labute approximate surface area is 208 Å². The SMILES string of the molecule is [2H]C([2H])([2H])c1ccc(C2=Nc3ccccc3C2c2c(C(C)C)cccc2C(C)C)cc1-c1ccccc1. The standard InChI is InChI=1S/C33H33N/c1-21(2)26-15-11-16-27(22(3)4)31(26)32-28-14-9-10-17-30(28)34-33(32)25-19-18-23(5)29(20-25)24-12-7-6-8-13-24/h6-22,32H,1-5H3/i5D3. The van der Waals surface area contributed by atoms with Gasteiger partial charge in [-0.2, -0.15) is 0 Å². The van der Waals surface area contributed by atoms with E-state index in [-0.39, 0.29) is 5.92 Å². The minimum atomic E-state index is -2.21. The van der Waals surface area contributed by atoms with Gasteiger partial charge in [0, 0.05) is 4.11 Å². The Morgan fingerprint density at radius 1 is 0.706 bits per heavy atom. The first-order chi connectivity index (χ1) is 17.7. The molecular weight excluding hydrogens is 410 g/mol. The lowest BCUT2D eigenvalue weighted by Gasteiger charge is -2.26. The summed E-state index contributed by atoms with van der Waals surface area (Å²) in [7, 11) is 0. The van der Waals surface area contributed by atoms with Crippen molar-refractivity contribution in [2.45, 2.75) is 52.3 Å². The van der Waals surface area contributed by atoms with Crippen LogP contribution in [-0.2, 0) is 0 Å². The van der Waals surface area contributed by atoms with Crippen LogP contribution in [0.3, 0.4) is 0 Å². The molecule has 0 saturated carbocycles. The van der Waals surface area contributed by atoms with E-state index in [1.54, 1.807) is 6.07 Å². The summed E-state index contributed by atoms with van der Waals surface area (Å²) in [5.41, 5.74) is 10.1. The van der Waals surface area contributed by atoms with Crippen molar-refractivity contribution < 1.29 is 4.11 Å². The van der Waals surface area contributed by atoms with Gasteiger partial charge in [-0.1, -0.05) is 107 Å². The van der Waals surface area contributed by atoms with Crippen LogP contribution in [0, 0.1) is 6.85 Å². The van der Waals surface area contributed by atoms with E-state index in [0.29, 0.717) is 17.4 Å². The molecule has 0 bridgehead atoms. The lowest BCUT2D eigenvalue weighted by Crippen LogP contribution is -2.17. The number of aryl methyl sites for hydroxylation is 1. The maximum absolute atomic E-state index is 8.18. The molecular formula is C33H33N. The second-order valence-corrected chi connectivity index (χ2v) is 9.77. The predicted molar refractivity (Wildman–Crippen MR) is 146 cm³/mol. The van der Waals surface area contributed by atoms with Gasteiger partial charge in [0.15, 0.2) is 0 Å². The summed E-state index contributed by atoms with van der Waals surface area (Å²) >= 11 is 0. The topological polar surface area (TPSA) is 12.4 Å². The van der Waals surface area contributed by atoms with Crippen molar-refractivity contribution in [3.8, 4) is 11.1 Å². The molecule has 1 heterocycles. The normalized spacial score (nSPS) is 16.7. The van der Waals surface area contributed by atoms with Crippen LogP contribution in [0.1, 0.15) is 82.9 Å². The Morgan fingerprint density at radius 3 is 2.06 bits per heavy atom. The molecule has 0 spiro atoms. The van der Waals surface area contributed by atoms with Gasteiger partial charge in [-0.25, -0.2) is 0 Å². The number of nitrogens with zero attached hydrogens (tertiary/aromatic N) is 1. The summed E-state index contributed by atoms with van der Waals surface area (Å²) in [6.07, 6.45) is 0. The minimum Gasteiger partial charge on any atom is -0.252 e. The number of fused-ring (bicyclic) bond motifs is 1. The van der Waals surface area contributed by atoms with E-state index in [1.165, 1.54) is 22.3 Å². The minimum absolute atomic E-state index is 0.0190. The van der Waals surface area contributed by atoms with E-state index in [1.807, 2.05) is 48.5 Å². The Balaban J connectivity index is 1.77. The molecule has 0 N–H and O–H groups in total. The molecule has 170 valence electrons. The van der Waals surface area contributed by atoms with Crippen molar-refractivity contribution in [1.29, 1.82) is 0 Å². The van der Waals surface area contributed by atoms with Gasteiger partial charge in [-0.15, -0.1) is 0 Å². The van der Waals surface area contributed by atoms with Crippen molar-refractivity contribution in [3.63, 3.8) is 0 Å². The smallest absolute Gasteiger partial charge is 0.0675 e. The zero-order valence-corrected chi connectivity index (χ0v) is 20.3. The van der Waals surface area contributed by atoms with Gasteiger partial charge in [-0.3, -0.25) is 4.99 Å². The zero-order chi connectivity index (χ0) is 26.3. The summed E-state index contributed by atoms with van der Waals surface area (Å²) in [5.74, 6) is 0.704. The monoisotopic (exact) mass is 446 g/mol. The highest BCUT2D eigenvalue weighted by molar-refractivity contribution is 6.12. The highest BCUT2D eigenvalue weighted by Crippen LogP contribution is 2.46. The lowest BCUT2D eigenvalue weighted by molar-refractivity contribution is 0.798. The molecule has 1 unspecified atom stereocenters. The number of para-hydroxylation sites is 1. The Hall–Kier alpha value is -3.45. The molecule has 0 amide bonds. The largest absolute Gasteiger partial charge is 0.252 e. The summed E-state index contributed by atoms with van der Waals surface area (Å²) < 4.78 is 24.5. The predicted octanol–water partition coefficient (Wildman–Crippen LogP) is 9.18. The van der Waals surface area contributed by atoms with Gasteiger partial charge in [0.2, 0.25) is 0 Å². The van der Waals surface area contributed by atoms with Crippen molar-refractivity contribution in [2.24, 2.45) is 4.99 Å². The van der Waals surface area contributed by atoms with E-state index >= 15 is 0 Å². The molecule has 1 aliphatic rings. The quantitative estimate of drug-likeness (QED) is 0.290. The molecule has 1 aliphatic heterocycles. The van der Waals surface area contributed by atoms with Crippen molar-refractivity contribution in [2.75, 3.05) is 0 Å². The van der Waals surface area contributed by atoms with E-state index < -0.39 is 6.85 Å².